The van der Waals surface area contributed by atoms with Gasteiger partial charge in [0.25, 0.3) is 0 Å². The Balaban J connectivity index is 0.877. The van der Waals surface area contributed by atoms with E-state index in [1.54, 1.807) is 0 Å². The van der Waals surface area contributed by atoms with E-state index in [1.165, 1.54) is 27.1 Å². The van der Waals surface area contributed by atoms with Crippen molar-refractivity contribution in [2.24, 2.45) is 0 Å². The van der Waals surface area contributed by atoms with E-state index in [1.807, 2.05) is 72.8 Å². The van der Waals surface area contributed by atoms with Crippen LogP contribution in [-0.4, -0.2) is 24.1 Å². The van der Waals surface area contributed by atoms with E-state index in [0.717, 1.165) is 77.7 Å². The minimum atomic E-state index is 0.640. The first-order valence-corrected chi connectivity index (χ1v) is 21.2. The fourth-order valence-electron chi connectivity index (χ4n) is 9.40. The zero-order valence-electron chi connectivity index (χ0n) is 33.9. The van der Waals surface area contributed by atoms with E-state index in [2.05, 4.69) is 149 Å². The summed E-state index contributed by atoms with van der Waals surface area (Å²) in [6.45, 7) is 0. The van der Waals surface area contributed by atoms with Gasteiger partial charge < -0.3 is 13.6 Å². The van der Waals surface area contributed by atoms with E-state index < -0.39 is 0 Å². The van der Waals surface area contributed by atoms with Crippen LogP contribution in [0.25, 0.3) is 122 Å². The number of benzene rings is 9. The zero-order chi connectivity index (χ0) is 41.4. The van der Waals surface area contributed by atoms with Crippen LogP contribution >= 0.6 is 0 Å². The van der Waals surface area contributed by atoms with Crippen molar-refractivity contribution < 1.29 is 4.42 Å². The standard InChI is InChI=1S/C57H35N5O/c1-3-13-38(14-4-1)55-58-56(39-15-5-2-6-16-39)60-57(59-55)40-25-23-36(24-26-40)37-27-29-41(30-28-37)61-49-20-10-7-17-43(49)46-33-42(31-32-51(46)61)62-50-21-11-8-18-44(50)47-35-54-48(34-52(47)62)45-19-9-12-22-53(45)63-54/h1-35H. The highest BCUT2D eigenvalue weighted by Gasteiger charge is 2.19. The van der Waals surface area contributed by atoms with E-state index in [0.29, 0.717) is 17.5 Å². The van der Waals surface area contributed by atoms with E-state index in [4.69, 9.17) is 19.4 Å². The lowest BCUT2D eigenvalue weighted by atomic mass is 10.0. The smallest absolute Gasteiger partial charge is 0.164 e. The predicted octanol–water partition coefficient (Wildman–Crippen LogP) is 14.6. The number of hydrogen-bond donors (Lipinski definition) is 0. The molecule has 0 aliphatic heterocycles. The maximum atomic E-state index is 6.34. The molecule has 0 N–H and O–H groups in total. The number of furan rings is 1. The lowest BCUT2D eigenvalue weighted by Gasteiger charge is -2.11. The summed E-state index contributed by atoms with van der Waals surface area (Å²) in [4.78, 5) is 14.7. The predicted molar refractivity (Wildman–Crippen MR) is 258 cm³/mol. The van der Waals surface area contributed by atoms with Crippen molar-refractivity contribution in [2.45, 2.75) is 0 Å². The van der Waals surface area contributed by atoms with Crippen molar-refractivity contribution in [2.75, 3.05) is 0 Å². The van der Waals surface area contributed by atoms with Gasteiger partial charge in [0.05, 0.1) is 22.1 Å². The van der Waals surface area contributed by atoms with Gasteiger partial charge in [0, 0.05) is 60.4 Å². The molecule has 4 heterocycles. The fraction of sp³-hybridized carbons (Fsp3) is 0. The summed E-state index contributed by atoms with van der Waals surface area (Å²) in [6.07, 6.45) is 0. The Morgan fingerprint density at radius 3 is 1.33 bits per heavy atom. The molecular formula is C57H35N5O. The van der Waals surface area contributed by atoms with Crippen LogP contribution in [0.1, 0.15) is 0 Å². The molecule has 0 atom stereocenters. The Hall–Kier alpha value is -8.61. The summed E-state index contributed by atoms with van der Waals surface area (Å²) in [6, 6.07) is 74.6. The third-order valence-corrected chi connectivity index (χ3v) is 12.4. The van der Waals surface area contributed by atoms with Crippen molar-refractivity contribution in [1.29, 1.82) is 0 Å². The van der Waals surface area contributed by atoms with Gasteiger partial charge in [-0.1, -0.05) is 152 Å². The molecule has 63 heavy (non-hydrogen) atoms. The van der Waals surface area contributed by atoms with Crippen LogP contribution in [0.5, 0.6) is 0 Å². The molecule has 0 fully saturated rings. The molecule has 0 radical (unpaired) electrons. The van der Waals surface area contributed by atoms with Gasteiger partial charge in [-0.25, -0.2) is 15.0 Å². The van der Waals surface area contributed by atoms with Gasteiger partial charge in [0.2, 0.25) is 0 Å². The van der Waals surface area contributed by atoms with Crippen LogP contribution < -0.4 is 0 Å². The van der Waals surface area contributed by atoms with Crippen LogP contribution in [0.3, 0.4) is 0 Å². The van der Waals surface area contributed by atoms with Crippen molar-refractivity contribution in [3.05, 3.63) is 212 Å². The summed E-state index contributed by atoms with van der Waals surface area (Å²) in [5, 5.41) is 7.04. The van der Waals surface area contributed by atoms with E-state index in [9.17, 15) is 0 Å². The number of para-hydroxylation sites is 3. The van der Waals surface area contributed by atoms with Crippen molar-refractivity contribution in [1.82, 2.24) is 24.1 Å². The van der Waals surface area contributed by atoms with Gasteiger partial charge in [-0.15, -0.1) is 0 Å². The summed E-state index contributed by atoms with van der Waals surface area (Å²) in [5.74, 6) is 1.94. The highest BCUT2D eigenvalue weighted by molar-refractivity contribution is 6.17. The maximum absolute atomic E-state index is 6.34. The molecule has 0 aliphatic carbocycles. The molecule has 0 spiro atoms. The highest BCUT2D eigenvalue weighted by Crippen LogP contribution is 2.40. The average molecular weight is 806 g/mol. The van der Waals surface area contributed by atoms with Crippen molar-refractivity contribution in [3.8, 4) is 56.7 Å². The molecule has 0 amide bonds. The first-order chi connectivity index (χ1) is 31.2. The van der Waals surface area contributed by atoms with E-state index in [-0.39, 0.29) is 0 Å². The van der Waals surface area contributed by atoms with Crippen LogP contribution in [0, 0.1) is 0 Å². The first-order valence-electron chi connectivity index (χ1n) is 21.2. The number of rotatable bonds is 6. The second kappa shape index (κ2) is 14.0. The molecule has 0 saturated carbocycles. The molecule has 4 aromatic heterocycles. The molecule has 0 unspecified atom stereocenters. The quantitative estimate of drug-likeness (QED) is 0.168. The summed E-state index contributed by atoms with van der Waals surface area (Å²) in [5.41, 5.74) is 13.8. The molecule has 6 heteroatoms. The second-order valence-electron chi connectivity index (χ2n) is 16.0. The van der Waals surface area contributed by atoms with Crippen LogP contribution in [0.15, 0.2) is 217 Å². The minimum Gasteiger partial charge on any atom is -0.456 e. The van der Waals surface area contributed by atoms with Gasteiger partial charge >= 0.3 is 0 Å². The second-order valence-corrected chi connectivity index (χ2v) is 16.0. The van der Waals surface area contributed by atoms with Gasteiger partial charge in [-0.2, -0.15) is 0 Å². The average Bonchev–Trinajstić information content (AvgIpc) is 4.00. The van der Waals surface area contributed by atoms with Gasteiger partial charge in [-0.3, -0.25) is 0 Å². The van der Waals surface area contributed by atoms with Gasteiger partial charge in [-0.05, 0) is 71.8 Å². The molecule has 0 aliphatic rings. The third-order valence-electron chi connectivity index (χ3n) is 12.4. The third kappa shape index (κ3) is 5.69. The Kier molecular flexibility index (Phi) is 7.80. The molecule has 6 nitrogen and oxygen atoms in total. The van der Waals surface area contributed by atoms with Crippen LogP contribution in [0.4, 0.5) is 0 Å². The molecular weight excluding hydrogens is 771 g/mol. The van der Waals surface area contributed by atoms with Gasteiger partial charge in [0.1, 0.15) is 11.2 Å². The molecule has 13 rings (SSSR count). The topological polar surface area (TPSA) is 61.7 Å². The number of fused-ring (bicyclic) bond motifs is 9. The minimum absolute atomic E-state index is 0.640. The molecule has 0 bridgehead atoms. The molecule has 9 aromatic carbocycles. The van der Waals surface area contributed by atoms with E-state index >= 15 is 0 Å². The zero-order valence-corrected chi connectivity index (χ0v) is 33.9. The summed E-state index contributed by atoms with van der Waals surface area (Å²) < 4.78 is 11.1. The summed E-state index contributed by atoms with van der Waals surface area (Å²) in [7, 11) is 0. The molecule has 294 valence electrons. The highest BCUT2D eigenvalue weighted by atomic mass is 16.3. The first kappa shape index (κ1) is 35.2. The number of hydrogen-bond acceptors (Lipinski definition) is 4. The maximum Gasteiger partial charge on any atom is 0.164 e. The molecule has 0 saturated heterocycles. The Bertz CT molecular complexity index is 3820. The monoisotopic (exact) mass is 805 g/mol. The summed E-state index contributed by atoms with van der Waals surface area (Å²) >= 11 is 0. The van der Waals surface area contributed by atoms with Crippen molar-refractivity contribution >= 4 is 65.6 Å². The largest absolute Gasteiger partial charge is 0.456 e. The van der Waals surface area contributed by atoms with Crippen LogP contribution in [-0.2, 0) is 0 Å². The van der Waals surface area contributed by atoms with Gasteiger partial charge in [0.15, 0.2) is 17.5 Å². The Morgan fingerprint density at radius 2 is 0.714 bits per heavy atom. The SMILES string of the molecule is c1ccc(-c2nc(-c3ccccc3)nc(-c3ccc(-c4ccc(-n5c6ccccc6c6cc(-n7c8ccccc8c8cc9oc%10ccccc%10c9cc87)ccc65)cc4)cc3)n2)cc1. The van der Waals surface area contributed by atoms with Crippen LogP contribution in [0.2, 0.25) is 0 Å². The lowest BCUT2D eigenvalue weighted by molar-refractivity contribution is 0.669. The van der Waals surface area contributed by atoms with Crippen molar-refractivity contribution in [3.63, 3.8) is 0 Å². The lowest BCUT2D eigenvalue weighted by Crippen LogP contribution is -2.00. The number of nitrogens with zero attached hydrogens (tertiary/aromatic N) is 5. The normalized spacial score (nSPS) is 11.8. The molecule has 13 aromatic rings. The Morgan fingerprint density at radius 1 is 0.270 bits per heavy atom. The fourth-order valence-corrected chi connectivity index (χ4v) is 9.40. The Labute approximate surface area is 361 Å². The number of aromatic nitrogens is 5.